The summed E-state index contributed by atoms with van der Waals surface area (Å²) < 4.78 is 29.3. The first-order chi connectivity index (χ1) is 10.6. The molecule has 3 rings (SSSR count). The van der Waals surface area contributed by atoms with Gasteiger partial charge in [0.2, 0.25) is 0 Å². The summed E-state index contributed by atoms with van der Waals surface area (Å²) in [6.07, 6.45) is 0.104. The Balaban J connectivity index is 2.30. The van der Waals surface area contributed by atoms with Crippen molar-refractivity contribution >= 4 is 5.65 Å². The van der Waals surface area contributed by atoms with Crippen LogP contribution in [0, 0.1) is 18.3 Å². The van der Waals surface area contributed by atoms with E-state index in [1.165, 1.54) is 12.3 Å². The largest absolute Gasteiger partial charge is 0.280 e. The molecule has 3 aromatic heterocycles. The number of hydrogen-bond acceptors (Lipinski definition) is 4. The highest BCUT2D eigenvalue weighted by Crippen LogP contribution is 2.28. The minimum Gasteiger partial charge on any atom is -0.269 e. The lowest BCUT2D eigenvalue weighted by atomic mass is 10.1. The minimum atomic E-state index is -2.72. The van der Waals surface area contributed by atoms with Crippen LogP contribution in [0.5, 0.6) is 0 Å². The topological polar surface area (TPSA) is 71.8 Å². The van der Waals surface area contributed by atoms with Gasteiger partial charge in [-0.15, -0.1) is 0 Å². The summed E-state index contributed by atoms with van der Waals surface area (Å²) in [6.45, 7) is 4.46. The first-order valence-electron chi connectivity index (χ1n) is 6.66. The van der Waals surface area contributed by atoms with E-state index in [0.29, 0.717) is 17.8 Å². The standard InChI is InChI=1S/C14H12F2N6/c1-3-21-8(2)10(7-18-21)11-4-12(13(15)16)22-14(20-11)9(5-17)6-19-22/h4,6-7,13H,3H2,1-2H3. The van der Waals surface area contributed by atoms with Crippen molar-refractivity contribution < 1.29 is 8.78 Å². The zero-order valence-electron chi connectivity index (χ0n) is 12.0. The van der Waals surface area contributed by atoms with Crippen molar-refractivity contribution in [2.75, 3.05) is 0 Å². The van der Waals surface area contributed by atoms with Crippen molar-refractivity contribution in [1.29, 1.82) is 5.26 Å². The Bertz CT molecular complexity index is 887. The molecular formula is C14H12F2N6. The lowest BCUT2D eigenvalue weighted by Crippen LogP contribution is -2.03. The first kappa shape index (κ1) is 14.1. The van der Waals surface area contributed by atoms with E-state index in [0.717, 1.165) is 10.2 Å². The van der Waals surface area contributed by atoms with Crippen LogP contribution in [0.3, 0.4) is 0 Å². The molecule has 0 saturated heterocycles. The number of halogens is 2. The second-order valence-electron chi connectivity index (χ2n) is 4.73. The Morgan fingerprint density at radius 2 is 2.09 bits per heavy atom. The Morgan fingerprint density at radius 1 is 1.32 bits per heavy atom. The zero-order valence-corrected chi connectivity index (χ0v) is 12.0. The molecule has 0 fully saturated rings. The Kier molecular flexibility index (Phi) is 3.33. The first-order valence-corrected chi connectivity index (χ1v) is 6.66. The lowest BCUT2D eigenvalue weighted by Gasteiger charge is -2.07. The molecule has 8 heteroatoms. The van der Waals surface area contributed by atoms with Crippen LogP contribution in [0.15, 0.2) is 18.5 Å². The number of hydrogen-bond donors (Lipinski definition) is 0. The summed E-state index contributed by atoms with van der Waals surface area (Å²) in [6, 6.07) is 3.20. The molecule has 0 aliphatic rings. The van der Waals surface area contributed by atoms with Gasteiger partial charge in [-0.2, -0.15) is 15.5 Å². The number of aryl methyl sites for hydroxylation is 1. The van der Waals surface area contributed by atoms with Crippen LogP contribution in [0.1, 0.15) is 30.3 Å². The maximum atomic E-state index is 13.3. The van der Waals surface area contributed by atoms with Gasteiger partial charge in [0.05, 0.1) is 18.1 Å². The van der Waals surface area contributed by atoms with Gasteiger partial charge in [-0.1, -0.05) is 0 Å². The van der Waals surface area contributed by atoms with Crippen LogP contribution in [-0.2, 0) is 6.54 Å². The Hall–Kier alpha value is -2.82. The third kappa shape index (κ3) is 2.02. The van der Waals surface area contributed by atoms with Crippen LogP contribution < -0.4 is 0 Å². The van der Waals surface area contributed by atoms with E-state index >= 15 is 0 Å². The smallest absolute Gasteiger partial charge is 0.269 e. The highest BCUT2D eigenvalue weighted by molar-refractivity contribution is 5.66. The monoisotopic (exact) mass is 302 g/mol. The van der Waals surface area contributed by atoms with Gasteiger partial charge in [-0.3, -0.25) is 4.68 Å². The molecule has 112 valence electrons. The fourth-order valence-corrected chi connectivity index (χ4v) is 2.38. The summed E-state index contributed by atoms with van der Waals surface area (Å²) in [4.78, 5) is 4.32. The normalized spacial score (nSPS) is 11.3. The highest BCUT2D eigenvalue weighted by Gasteiger charge is 2.20. The molecule has 0 aliphatic heterocycles. The average molecular weight is 302 g/mol. The van der Waals surface area contributed by atoms with Gasteiger partial charge >= 0.3 is 0 Å². The molecule has 0 unspecified atom stereocenters. The molecule has 22 heavy (non-hydrogen) atoms. The van der Waals surface area contributed by atoms with Crippen LogP contribution >= 0.6 is 0 Å². The van der Waals surface area contributed by atoms with Crippen molar-refractivity contribution in [3.05, 3.63) is 35.4 Å². The molecule has 0 bridgehead atoms. The highest BCUT2D eigenvalue weighted by atomic mass is 19.3. The van der Waals surface area contributed by atoms with E-state index in [1.807, 2.05) is 19.9 Å². The molecule has 6 nitrogen and oxygen atoms in total. The number of fused-ring (bicyclic) bond motifs is 1. The summed E-state index contributed by atoms with van der Waals surface area (Å²) >= 11 is 0. The average Bonchev–Trinajstić information content (AvgIpc) is 3.08. The molecule has 0 atom stereocenters. The fraction of sp³-hybridized carbons (Fsp3) is 0.286. The van der Waals surface area contributed by atoms with E-state index < -0.39 is 6.43 Å². The van der Waals surface area contributed by atoms with Crippen molar-refractivity contribution in [2.45, 2.75) is 26.8 Å². The zero-order chi connectivity index (χ0) is 15.9. The van der Waals surface area contributed by atoms with Crippen molar-refractivity contribution in [2.24, 2.45) is 0 Å². The molecule has 3 aromatic rings. The lowest BCUT2D eigenvalue weighted by molar-refractivity contribution is 0.143. The predicted molar refractivity (Wildman–Crippen MR) is 74.3 cm³/mol. The summed E-state index contributed by atoms with van der Waals surface area (Å²) in [7, 11) is 0. The molecule has 0 saturated carbocycles. The van der Waals surface area contributed by atoms with Crippen molar-refractivity contribution in [3.8, 4) is 17.3 Å². The number of alkyl halides is 2. The van der Waals surface area contributed by atoms with E-state index in [4.69, 9.17) is 5.26 Å². The molecule has 0 radical (unpaired) electrons. The van der Waals surface area contributed by atoms with Crippen molar-refractivity contribution in [1.82, 2.24) is 24.4 Å². The number of nitrogens with zero attached hydrogens (tertiary/aromatic N) is 6. The molecule has 3 heterocycles. The van der Waals surface area contributed by atoms with Gasteiger partial charge in [0.15, 0.2) is 5.65 Å². The van der Waals surface area contributed by atoms with E-state index in [2.05, 4.69) is 15.2 Å². The van der Waals surface area contributed by atoms with Gasteiger partial charge in [-0.25, -0.2) is 18.3 Å². The van der Waals surface area contributed by atoms with E-state index in [1.54, 1.807) is 10.9 Å². The Labute approximate surface area is 124 Å². The van der Waals surface area contributed by atoms with E-state index in [9.17, 15) is 8.78 Å². The Morgan fingerprint density at radius 3 is 2.68 bits per heavy atom. The molecular weight excluding hydrogens is 290 g/mol. The minimum absolute atomic E-state index is 0.124. The van der Waals surface area contributed by atoms with Crippen LogP contribution in [0.4, 0.5) is 8.78 Å². The third-order valence-electron chi connectivity index (χ3n) is 3.52. The van der Waals surface area contributed by atoms with Crippen molar-refractivity contribution in [3.63, 3.8) is 0 Å². The molecule has 0 aromatic carbocycles. The van der Waals surface area contributed by atoms with Gasteiger partial charge in [0, 0.05) is 17.8 Å². The number of aromatic nitrogens is 5. The van der Waals surface area contributed by atoms with Gasteiger partial charge in [-0.05, 0) is 19.9 Å². The van der Waals surface area contributed by atoms with Gasteiger partial charge in [0.1, 0.15) is 17.3 Å². The summed E-state index contributed by atoms with van der Waals surface area (Å²) in [5.74, 6) is 0. The predicted octanol–water partition coefficient (Wildman–Crippen LogP) is 2.73. The van der Waals surface area contributed by atoms with Crippen LogP contribution in [0.25, 0.3) is 16.9 Å². The second-order valence-corrected chi connectivity index (χ2v) is 4.73. The van der Waals surface area contributed by atoms with Crippen LogP contribution in [0.2, 0.25) is 0 Å². The van der Waals surface area contributed by atoms with Crippen LogP contribution in [-0.4, -0.2) is 24.4 Å². The summed E-state index contributed by atoms with van der Waals surface area (Å²) in [5.41, 5.74) is 1.83. The van der Waals surface area contributed by atoms with E-state index in [-0.39, 0.29) is 16.9 Å². The molecule has 0 spiro atoms. The second kappa shape index (κ2) is 5.18. The summed E-state index contributed by atoms with van der Waals surface area (Å²) in [5, 5.41) is 17.1. The molecule has 0 amide bonds. The fourth-order valence-electron chi connectivity index (χ4n) is 2.38. The number of rotatable bonds is 3. The SMILES string of the molecule is CCn1ncc(-c2cc(C(F)F)n3ncc(C#N)c3n2)c1C. The van der Waals surface area contributed by atoms with Gasteiger partial charge < -0.3 is 0 Å². The number of nitriles is 1. The third-order valence-corrected chi connectivity index (χ3v) is 3.52. The van der Waals surface area contributed by atoms with Gasteiger partial charge in [0.25, 0.3) is 6.43 Å². The maximum Gasteiger partial charge on any atom is 0.280 e. The maximum absolute atomic E-state index is 13.3. The quantitative estimate of drug-likeness (QED) is 0.745. The molecule has 0 aliphatic carbocycles. The molecule has 0 N–H and O–H groups in total.